The Balaban J connectivity index is 2.01. The van der Waals surface area contributed by atoms with Crippen molar-refractivity contribution in [3.63, 3.8) is 0 Å². The van der Waals surface area contributed by atoms with Crippen molar-refractivity contribution in [3.8, 4) is 0 Å². The third-order valence-electron chi connectivity index (χ3n) is 3.35. The average Bonchev–Trinajstić information content (AvgIpc) is 3.10. The molecule has 2 aromatic heterocycles. The van der Waals surface area contributed by atoms with Crippen molar-refractivity contribution in [3.05, 3.63) is 46.5 Å². The molecule has 1 aliphatic rings. The Bertz CT molecular complexity index is 701. The number of thiophene rings is 1. The highest BCUT2D eigenvalue weighted by Gasteiger charge is 2.38. The molecule has 0 radical (unpaired) electrons. The molecule has 3 heterocycles. The van der Waals surface area contributed by atoms with Gasteiger partial charge in [-0.05, 0) is 36.4 Å². The fraction of sp³-hybridized carbons (Fsp3) is 0.308. The molecule has 1 unspecified atom stereocenters. The number of halogens is 1. The molecule has 0 bridgehead atoms. The highest BCUT2D eigenvalue weighted by atomic mass is 32.2. The summed E-state index contributed by atoms with van der Waals surface area (Å²) in [6.07, 6.45) is 2.83. The predicted molar refractivity (Wildman–Crippen MR) is 74.4 cm³/mol. The third-order valence-corrected chi connectivity index (χ3v) is 6.17. The highest BCUT2D eigenvalue weighted by molar-refractivity contribution is 7.89. The van der Waals surface area contributed by atoms with Gasteiger partial charge in [-0.15, -0.1) is 11.3 Å². The van der Waals surface area contributed by atoms with E-state index >= 15 is 0 Å². The fourth-order valence-corrected chi connectivity index (χ4v) is 5.06. The van der Waals surface area contributed by atoms with Gasteiger partial charge >= 0.3 is 0 Å². The first-order valence-corrected chi connectivity index (χ1v) is 8.58. The molecule has 3 rings (SSSR count). The first kappa shape index (κ1) is 13.7. The van der Waals surface area contributed by atoms with Crippen LogP contribution in [0.2, 0.25) is 0 Å². The van der Waals surface area contributed by atoms with Crippen LogP contribution in [0.15, 0.2) is 40.9 Å². The van der Waals surface area contributed by atoms with Crippen molar-refractivity contribution in [2.75, 3.05) is 6.54 Å². The van der Waals surface area contributed by atoms with Crippen molar-refractivity contribution in [2.24, 2.45) is 0 Å². The summed E-state index contributed by atoms with van der Waals surface area (Å²) in [4.78, 5) is 4.70. The van der Waals surface area contributed by atoms with Crippen LogP contribution in [0, 0.1) is 5.82 Å². The minimum atomic E-state index is -3.89. The largest absolute Gasteiger partial charge is 0.264 e. The van der Waals surface area contributed by atoms with E-state index < -0.39 is 20.9 Å². The van der Waals surface area contributed by atoms with Crippen molar-refractivity contribution in [1.82, 2.24) is 9.29 Å². The summed E-state index contributed by atoms with van der Waals surface area (Å²) in [6.45, 7) is 0.404. The van der Waals surface area contributed by atoms with E-state index in [1.54, 1.807) is 0 Å². The van der Waals surface area contributed by atoms with Crippen LogP contribution in [0.25, 0.3) is 0 Å². The molecule has 7 heteroatoms. The van der Waals surface area contributed by atoms with Crippen LogP contribution in [0.3, 0.4) is 0 Å². The molecule has 1 fully saturated rings. The molecule has 0 saturated carbocycles. The topological polar surface area (TPSA) is 50.3 Å². The zero-order valence-corrected chi connectivity index (χ0v) is 12.2. The Labute approximate surface area is 120 Å². The van der Waals surface area contributed by atoms with E-state index in [1.807, 2.05) is 17.5 Å². The molecular formula is C13H13FN2O2S2. The molecule has 4 nitrogen and oxygen atoms in total. The van der Waals surface area contributed by atoms with Gasteiger partial charge in [0.15, 0.2) is 5.82 Å². The zero-order valence-electron chi connectivity index (χ0n) is 10.6. The summed E-state index contributed by atoms with van der Waals surface area (Å²) in [5.74, 6) is -0.802. The Kier molecular flexibility index (Phi) is 3.57. The molecule has 20 heavy (non-hydrogen) atoms. The third kappa shape index (κ3) is 2.25. The van der Waals surface area contributed by atoms with Crippen LogP contribution in [0.1, 0.15) is 23.8 Å². The molecule has 1 saturated heterocycles. The number of nitrogens with zero attached hydrogens (tertiary/aromatic N) is 2. The maximum atomic E-state index is 13.7. The van der Waals surface area contributed by atoms with Gasteiger partial charge in [-0.2, -0.15) is 4.31 Å². The lowest BCUT2D eigenvalue weighted by atomic mass is 10.2. The fourth-order valence-electron chi connectivity index (χ4n) is 2.47. The van der Waals surface area contributed by atoms with Gasteiger partial charge in [0.2, 0.25) is 5.03 Å². The average molecular weight is 312 g/mol. The number of hydrogen-bond acceptors (Lipinski definition) is 4. The molecule has 1 atom stereocenters. The van der Waals surface area contributed by atoms with Crippen molar-refractivity contribution in [2.45, 2.75) is 23.9 Å². The predicted octanol–water partition coefficient (Wildman–Crippen LogP) is 2.81. The van der Waals surface area contributed by atoms with E-state index in [2.05, 4.69) is 4.98 Å². The summed E-state index contributed by atoms with van der Waals surface area (Å²) in [5.41, 5.74) is 0. The van der Waals surface area contributed by atoms with Crippen LogP contribution in [0.5, 0.6) is 0 Å². The van der Waals surface area contributed by atoms with Crippen LogP contribution < -0.4 is 0 Å². The van der Waals surface area contributed by atoms with E-state index in [4.69, 9.17) is 0 Å². The Hall–Kier alpha value is -1.31. The lowest BCUT2D eigenvalue weighted by Gasteiger charge is -2.22. The van der Waals surface area contributed by atoms with Gasteiger partial charge in [0.25, 0.3) is 10.0 Å². The van der Waals surface area contributed by atoms with Gasteiger partial charge in [0.05, 0.1) is 6.04 Å². The van der Waals surface area contributed by atoms with E-state index in [1.165, 1.54) is 27.9 Å². The Morgan fingerprint density at radius 3 is 2.90 bits per heavy atom. The lowest BCUT2D eigenvalue weighted by molar-refractivity contribution is 0.395. The Morgan fingerprint density at radius 1 is 1.35 bits per heavy atom. The van der Waals surface area contributed by atoms with Gasteiger partial charge in [-0.1, -0.05) is 6.07 Å². The molecular weight excluding hydrogens is 299 g/mol. The second-order valence-electron chi connectivity index (χ2n) is 4.58. The van der Waals surface area contributed by atoms with Crippen LogP contribution >= 0.6 is 11.3 Å². The molecule has 0 amide bonds. The summed E-state index contributed by atoms with van der Waals surface area (Å²) in [7, 11) is -3.89. The molecule has 106 valence electrons. The van der Waals surface area contributed by atoms with E-state index in [0.29, 0.717) is 6.54 Å². The van der Waals surface area contributed by atoms with Gasteiger partial charge in [0, 0.05) is 17.6 Å². The minimum absolute atomic E-state index is 0.207. The summed E-state index contributed by atoms with van der Waals surface area (Å²) < 4.78 is 40.3. The van der Waals surface area contributed by atoms with Gasteiger partial charge in [-0.25, -0.2) is 17.8 Å². The summed E-state index contributed by atoms with van der Waals surface area (Å²) >= 11 is 1.52. The maximum Gasteiger partial charge on any atom is 0.264 e. The SMILES string of the molecule is O=S(=O)(c1ncccc1F)N1CCCC1c1cccs1. The van der Waals surface area contributed by atoms with Crippen LogP contribution in [-0.4, -0.2) is 24.3 Å². The Morgan fingerprint density at radius 2 is 2.20 bits per heavy atom. The second-order valence-corrected chi connectivity index (χ2v) is 7.36. The molecule has 0 N–H and O–H groups in total. The van der Waals surface area contributed by atoms with Gasteiger partial charge in [0.1, 0.15) is 0 Å². The quantitative estimate of drug-likeness (QED) is 0.875. The number of pyridine rings is 1. The number of hydrogen-bond donors (Lipinski definition) is 0. The zero-order chi connectivity index (χ0) is 14.2. The first-order valence-electron chi connectivity index (χ1n) is 6.26. The molecule has 0 aromatic carbocycles. The van der Waals surface area contributed by atoms with E-state index in [-0.39, 0.29) is 6.04 Å². The smallest absolute Gasteiger partial charge is 0.241 e. The van der Waals surface area contributed by atoms with Crippen LogP contribution in [-0.2, 0) is 10.0 Å². The minimum Gasteiger partial charge on any atom is -0.241 e. The van der Waals surface area contributed by atoms with Gasteiger partial charge in [-0.3, -0.25) is 0 Å². The molecule has 2 aromatic rings. The van der Waals surface area contributed by atoms with Crippen molar-refractivity contribution >= 4 is 21.4 Å². The van der Waals surface area contributed by atoms with Crippen LogP contribution in [0.4, 0.5) is 4.39 Å². The van der Waals surface area contributed by atoms with Crippen molar-refractivity contribution in [1.29, 1.82) is 0 Å². The normalized spacial score (nSPS) is 20.4. The maximum absolute atomic E-state index is 13.7. The van der Waals surface area contributed by atoms with Gasteiger partial charge < -0.3 is 0 Å². The second kappa shape index (κ2) is 5.23. The van der Waals surface area contributed by atoms with Crippen molar-refractivity contribution < 1.29 is 12.8 Å². The standard InChI is InChI=1S/C13H13FN2O2S2/c14-10-4-1-7-15-13(10)20(17,18)16-8-2-5-11(16)12-6-3-9-19-12/h1,3-4,6-7,9,11H,2,5,8H2. The summed E-state index contributed by atoms with van der Waals surface area (Å²) in [6, 6.07) is 6.11. The van der Waals surface area contributed by atoms with E-state index in [0.717, 1.165) is 23.8 Å². The molecule has 1 aliphatic heterocycles. The number of rotatable bonds is 3. The summed E-state index contributed by atoms with van der Waals surface area (Å²) in [5, 5.41) is 1.43. The monoisotopic (exact) mass is 312 g/mol. The molecule has 0 aliphatic carbocycles. The first-order chi connectivity index (χ1) is 9.60. The lowest BCUT2D eigenvalue weighted by Crippen LogP contribution is -2.31. The number of sulfonamides is 1. The molecule has 0 spiro atoms. The van der Waals surface area contributed by atoms with E-state index in [9.17, 15) is 12.8 Å². The highest BCUT2D eigenvalue weighted by Crippen LogP contribution is 2.38. The number of aromatic nitrogens is 1.